The molecule has 1 N–H and O–H groups in total. The van der Waals surface area contributed by atoms with Crippen LogP contribution in [-0.4, -0.2) is 15.3 Å². The van der Waals surface area contributed by atoms with E-state index < -0.39 is 0 Å². The molecular weight excluding hydrogens is 246 g/mol. The Hall–Kier alpha value is -1.61. The molecule has 2 aromatic rings. The number of hydrogen-bond acceptors (Lipinski definition) is 2. The van der Waals surface area contributed by atoms with E-state index in [1.54, 1.807) is 0 Å². The normalized spacial score (nSPS) is 18.1. The zero-order valence-electron chi connectivity index (χ0n) is 12.2. The van der Waals surface area contributed by atoms with Crippen molar-refractivity contribution in [2.24, 2.45) is 0 Å². The number of nitrogens with one attached hydrogen (secondary N) is 1. The third-order valence-electron chi connectivity index (χ3n) is 4.32. The van der Waals surface area contributed by atoms with Crippen molar-refractivity contribution in [3.8, 4) is 5.69 Å². The second-order valence-electron chi connectivity index (χ2n) is 6.06. The number of benzene rings is 1. The first-order valence-electron chi connectivity index (χ1n) is 7.60. The summed E-state index contributed by atoms with van der Waals surface area (Å²) < 4.78 is 1.94. The molecule has 0 atom stereocenters. The summed E-state index contributed by atoms with van der Waals surface area (Å²) in [6, 6.07) is 12.4. The lowest BCUT2D eigenvalue weighted by atomic mass is 9.83. The fraction of sp³-hybridized carbons (Fsp3) is 0.471. The molecule has 1 aromatic heterocycles. The van der Waals surface area contributed by atoms with Gasteiger partial charge in [0, 0.05) is 18.3 Å². The van der Waals surface area contributed by atoms with Crippen LogP contribution in [0.1, 0.15) is 44.7 Å². The largest absolute Gasteiger partial charge is 0.306 e. The lowest BCUT2D eigenvalue weighted by Gasteiger charge is -2.34. The highest BCUT2D eigenvalue weighted by Gasteiger charge is 2.25. The lowest BCUT2D eigenvalue weighted by Crippen LogP contribution is -2.43. The van der Waals surface area contributed by atoms with Crippen LogP contribution in [0.25, 0.3) is 5.69 Å². The van der Waals surface area contributed by atoms with E-state index in [1.807, 2.05) is 29.1 Å². The van der Waals surface area contributed by atoms with Gasteiger partial charge >= 0.3 is 0 Å². The third-order valence-corrected chi connectivity index (χ3v) is 4.32. The molecule has 1 aliphatic carbocycles. The molecule has 3 heteroatoms. The van der Waals surface area contributed by atoms with Crippen LogP contribution in [0.5, 0.6) is 0 Å². The molecule has 0 amide bonds. The summed E-state index contributed by atoms with van der Waals surface area (Å²) in [5, 5.41) is 8.35. The monoisotopic (exact) mass is 269 g/mol. The second kappa shape index (κ2) is 5.80. The highest BCUT2D eigenvalue weighted by molar-refractivity contribution is 5.30. The van der Waals surface area contributed by atoms with Gasteiger partial charge < -0.3 is 5.32 Å². The SMILES string of the molecule is CC1(NCc2ccn(-c3ccccc3)n2)CCCCC1. The van der Waals surface area contributed by atoms with Crippen molar-refractivity contribution in [1.82, 2.24) is 15.1 Å². The molecule has 0 saturated heterocycles. The van der Waals surface area contributed by atoms with Crippen LogP contribution in [0.4, 0.5) is 0 Å². The predicted molar refractivity (Wildman–Crippen MR) is 81.9 cm³/mol. The summed E-state index contributed by atoms with van der Waals surface area (Å²) in [4.78, 5) is 0. The average molecular weight is 269 g/mol. The molecule has 0 bridgehead atoms. The van der Waals surface area contributed by atoms with Crippen LogP contribution in [-0.2, 0) is 6.54 Å². The van der Waals surface area contributed by atoms with Crippen molar-refractivity contribution >= 4 is 0 Å². The van der Waals surface area contributed by atoms with Gasteiger partial charge in [-0.2, -0.15) is 5.10 Å². The molecule has 0 radical (unpaired) electrons. The molecule has 20 heavy (non-hydrogen) atoms. The Balaban J connectivity index is 1.63. The zero-order valence-corrected chi connectivity index (χ0v) is 12.2. The molecule has 3 rings (SSSR count). The third kappa shape index (κ3) is 3.10. The summed E-state index contributed by atoms with van der Waals surface area (Å²) in [6.45, 7) is 3.21. The Morgan fingerprint density at radius 3 is 2.60 bits per heavy atom. The minimum Gasteiger partial charge on any atom is -0.306 e. The van der Waals surface area contributed by atoms with Gasteiger partial charge in [-0.15, -0.1) is 0 Å². The summed E-state index contributed by atoms with van der Waals surface area (Å²) in [7, 11) is 0. The van der Waals surface area contributed by atoms with Crippen molar-refractivity contribution in [1.29, 1.82) is 0 Å². The van der Waals surface area contributed by atoms with E-state index >= 15 is 0 Å². The van der Waals surface area contributed by atoms with Gasteiger partial charge in [0.25, 0.3) is 0 Å². The Morgan fingerprint density at radius 2 is 1.85 bits per heavy atom. The number of rotatable bonds is 4. The maximum atomic E-state index is 4.65. The molecule has 3 nitrogen and oxygen atoms in total. The van der Waals surface area contributed by atoms with E-state index in [9.17, 15) is 0 Å². The molecule has 0 unspecified atom stereocenters. The zero-order chi connectivity index (χ0) is 13.8. The van der Waals surface area contributed by atoms with Crippen LogP contribution < -0.4 is 5.32 Å². The predicted octanol–water partition coefficient (Wildman–Crippen LogP) is 3.68. The van der Waals surface area contributed by atoms with Crippen LogP contribution in [0.2, 0.25) is 0 Å². The first kappa shape index (κ1) is 13.4. The molecule has 1 saturated carbocycles. The first-order valence-corrected chi connectivity index (χ1v) is 7.60. The highest BCUT2D eigenvalue weighted by Crippen LogP contribution is 2.27. The molecule has 1 fully saturated rings. The smallest absolute Gasteiger partial charge is 0.0767 e. The highest BCUT2D eigenvalue weighted by atomic mass is 15.3. The van der Waals surface area contributed by atoms with Gasteiger partial charge in [0.2, 0.25) is 0 Å². The van der Waals surface area contributed by atoms with Crippen molar-refractivity contribution in [3.63, 3.8) is 0 Å². The van der Waals surface area contributed by atoms with Gasteiger partial charge in [0.05, 0.1) is 11.4 Å². The van der Waals surface area contributed by atoms with Gasteiger partial charge in [0.1, 0.15) is 0 Å². The number of aromatic nitrogens is 2. The van der Waals surface area contributed by atoms with E-state index in [4.69, 9.17) is 0 Å². The Bertz CT molecular complexity index is 538. The standard InChI is InChI=1S/C17H23N3/c1-17(11-6-3-7-12-17)18-14-15-10-13-20(19-15)16-8-4-2-5-9-16/h2,4-5,8-10,13,18H,3,6-7,11-12,14H2,1H3. The second-order valence-corrected chi connectivity index (χ2v) is 6.06. The van der Waals surface area contributed by atoms with Crippen LogP contribution >= 0.6 is 0 Å². The van der Waals surface area contributed by atoms with Crippen LogP contribution in [0.3, 0.4) is 0 Å². The summed E-state index contributed by atoms with van der Waals surface area (Å²) in [5.74, 6) is 0. The fourth-order valence-corrected chi connectivity index (χ4v) is 2.99. The molecule has 1 heterocycles. The molecule has 0 aliphatic heterocycles. The topological polar surface area (TPSA) is 29.9 Å². The summed E-state index contributed by atoms with van der Waals surface area (Å²) in [5.41, 5.74) is 2.53. The molecule has 1 aliphatic rings. The summed E-state index contributed by atoms with van der Waals surface area (Å²) in [6.07, 6.45) is 8.69. The number of para-hydroxylation sites is 1. The quantitative estimate of drug-likeness (QED) is 0.917. The van der Waals surface area contributed by atoms with E-state index in [1.165, 1.54) is 32.1 Å². The Morgan fingerprint density at radius 1 is 1.10 bits per heavy atom. The Kier molecular flexibility index (Phi) is 3.88. The minimum atomic E-state index is 0.300. The first-order chi connectivity index (χ1) is 9.75. The van der Waals surface area contributed by atoms with Gasteiger partial charge in [-0.05, 0) is 38.0 Å². The molecule has 0 spiro atoms. The van der Waals surface area contributed by atoms with Gasteiger partial charge in [-0.3, -0.25) is 0 Å². The van der Waals surface area contributed by atoms with E-state index in [0.717, 1.165) is 17.9 Å². The number of nitrogens with zero attached hydrogens (tertiary/aromatic N) is 2. The maximum Gasteiger partial charge on any atom is 0.0767 e. The van der Waals surface area contributed by atoms with E-state index in [-0.39, 0.29) is 0 Å². The summed E-state index contributed by atoms with van der Waals surface area (Å²) >= 11 is 0. The van der Waals surface area contributed by atoms with Gasteiger partial charge in [-0.25, -0.2) is 4.68 Å². The van der Waals surface area contributed by atoms with Crippen molar-refractivity contribution < 1.29 is 0 Å². The van der Waals surface area contributed by atoms with Gasteiger partial charge in [0.15, 0.2) is 0 Å². The van der Waals surface area contributed by atoms with Gasteiger partial charge in [-0.1, -0.05) is 37.5 Å². The maximum absolute atomic E-state index is 4.65. The average Bonchev–Trinajstić information content (AvgIpc) is 2.96. The van der Waals surface area contributed by atoms with Crippen LogP contribution in [0, 0.1) is 0 Å². The lowest BCUT2D eigenvalue weighted by molar-refractivity contribution is 0.251. The number of hydrogen-bond donors (Lipinski definition) is 1. The Labute approximate surface area is 121 Å². The fourth-order valence-electron chi connectivity index (χ4n) is 2.99. The minimum absolute atomic E-state index is 0.300. The molecular formula is C17H23N3. The van der Waals surface area contributed by atoms with Crippen LogP contribution in [0.15, 0.2) is 42.6 Å². The van der Waals surface area contributed by atoms with Crippen molar-refractivity contribution in [2.45, 2.75) is 51.1 Å². The van der Waals surface area contributed by atoms with E-state index in [0.29, 0.717) is 5.54 Å². The molecule has 106 valence electrons. The van der Waals surface area contributed by atoms with E-state index in [2.05, 4.69) is 35.5 Å². The molecule has 1 aromatic carbocycles. The van der Waals surface area contributed by atoms with Crippen molar-refractivity contribution in [3.05, 3.63) is 48.3 Å². The van der Waals surface area contributed by atoms with Crippen molar-refractivity contribution in [2.75, 3.05) is 0 Å².